The zero-order valence-corrected chi connectivity index (χ0v) is 14.4. The number of carbonyl (C=O) groups is 1. The van der Waals surface area contributed by atoms with Crippen LogP contribution in [0.15, 0.2) is 54.6 Å². The third kappa shape index (κ3) is 3.12. The molecule has 1 aromatic heterocycles. The van der Waals surface area contributed by atoms with Crippen LogP contribution in [-0.2, 0) is 24.3 Å². The Hall–Kier alpha value is -2.75. The fraction of sp³-hybridized carbons (Fsp3) is 0.286. The summed E-state index contributed by atoms with van der Waals surface area (Å²) in [7, 11) is 1.66. The number of methoxy groups -OCH3 is 1. The number of hydrogen-bond donors (Lipinski definition) is 0. The molecule has 0 atom stereocenters. The van der Waals surface area contributed by atoms with Crippen LogP contribution in [-0.4, -0.2) is 29.0 Å². The third-order valence-electron chi connectivity index (χ3n) is 4.98. The second kappa shape index (κ2) is 6.63. The maximum absolute atomic E-state index is 12.6. The maximum atomic E-state index is 12.6. The van der Waals surface area contributed by atoms with Gasteiger partial charge in [0.05, 0.1) is 13.7 Å². The summed E-state index contributed by atoms with van der Waals surface area (Å²) >= 11 is 0. The number of amides is 1. The molecular formula is C21H22N2O2. The van der Waals surface area contributed by atoms with Gasteiger partial charge in [-0.05, 0) is 41.6 Å². The first kappa shape index (κ1) is 15.8. The molecule has 2 heterocycles. The molecule has 1 aliphatic heterocycles. The van der Waals surface area contributed by atoms with Gasteiger partial charge in [-0.3, -0.25) is 4.79 Å². The van der Waals surface area contributed by atoms with Crippen molar-refractivity contribution in [3.63, 3.8) is 0 Å². The lowest BCUT2D eigenvalue weighted by molar-refractivity contribution is -0.132. The molecule has 4 heteroatoms. The number of nitrogens with zero attached hydrogens (tertiary/aromatic N) is 2. The molecule has 0 saturated carbocycles. The zero-order valence-electron chi connectivity index (χ0n) is 14.4. The molecule has 1 amide bonds. The van der Waals surface area contributed by atoms with Crippen molar-refractivity contribution in [2.24, 2.45) is 0 Å². The third-order valence-corrected chi connectivity index (χ3v) is 4.98. The molecule has 4 nitrogen and oxygen atoms in total. The molecule has 1 aliphatic rings. The largest absolute Gasteiger partial charge is 0.497 e. The van der Waals surface area contributed by atoms with Crippen LogP contribution in [0, 0.1) is 0 Å². The summed E-state index contributed by atoms with van der Waals surface area (Å²) in [5.41, 5.74) is 3.66. The maximum Gasteiger partial charge on any atom is 0.223 e. The molecule has 0 unspecified atom stereocenters. The summed E-state index contributed by atoms with van der Waals surface area (Å²) in [6.45, 7) is 2.36. The number of aryl methyl sites for hydroxylation is 1. The predicted octanol–water partition coefficient (Wildman–Crippen LogP) is 3.62. The Bertz CT molecular complexity index is 896. The first-order chi connectivity index (χ1) is 12.2. The summed E-state index contributed by atoms with van der Waals surface area (Å²) in [6, 6.07) is 18.6. The Morgan fingerprint density at radius 1 is 1.08 bits per heavy atom. The predicted molar refractivity (Wildman–Crippen MR) is 98.7 cm³/mol. The van der Waals surface area contributed by atoms with Gasteiger partial charge < -0.3 is 14.2 Å². The molecular weight excluding hydrogens is 312 g/mol. The molecule has 0 saturated heterocycles. The van der Waals surface area contributed by atoms with E-state index in [1.165, 1.54) is 22.2 Å². The van der Waals surface area contributed by atoms with Gasteiger partial charge in [-0.2, -0.15) is 0 Å². The van der Waals surface area contributed by atoms with E-state index < -0.39 is 0 Å². The lowest BCUT2D eigenvalue weighted by Gasteiger charge is -2.29. The van der Waals surface area contributed by atoms with E-state index in [1.807, 2.05) is 29.2 Å². The second-order valence-electron chi connectivity index (χ2n) is 6.51. The van der Waals surface area contributed by atoms with Crippen molar-refractivity contribution < 1.29 is 9.53 Å². The Morgan fingerprint density at radius 3 is 2.68 bits per heavy atom. The first-order valence-corrected chi connectivity index (χ1v) is 8.72. The van der Waals surface area contributed by atoms with Crippen molar-refractivity contribution in [3.05, 3.63) is 65.9 Å². The van der Waals surface area contributed by atoms with Gasteiger partial charge in [-0.15, -0.1) is 0 Å². The van der Waals surface area contributed by atoms with Crippen LogP contribution in [0.1, 0.15) is 17.7 Å². The summed E-state index contributed by atoms with van der Waals surface area (Å²) in [5, 5.41) is 1.25. The van der Waals surface area contributed by atoms with Gasteiger partial charge in [0.1, 0.15) is 5.75 Å². The molecule has 0 N–H and O–H groups in total. The Balaban J connectivity index is 1.41. The average molecular weight is 334 g/mol. The van der Waals surface area contributed by atoms with Crippen molar-refractivity contribution in [3.8, 4) is 5.75 Å². The van der Waals surface area contributed by atoms with Crippen molar-refractivity contribution in [1.29, 1.82) is 0 Å². The van der Waals surface area contributed by atoms with Crippen LogP contribution in [0.4, 0.5) is 0 Å². The van der Waals surface area contributed by atoms with E-state index in [9.17, 15) is 4.79 Å². The normalized spacial score (nSPS) is 13.7. The molecule has 25 heavy (non-hydrogen) atoms. The van der Waals surface area contributed by atoms with E-state index in [0.717, 1.165) is 25.3 Å². The molecule has 0 spiro atoms. The van der Waals surface area contributed by atoms with Crippen molar-refractivity contribution >= 4 is 16.8 Å². The number of benzene rings is 2. The first-order valence-electron chi connectivity index (χ1n) is 8.72. The molecule has 0 fully saturated rings. The highest BCUT2D eigenvalue weighted by Gasteiger charge is 2.21. The smallest absolute Gasteiger partial charge is 0.223 e. The van der Waals surface area contributed by atoms with Crippen LogP contribution in [0.5, 0.6) is 5.75 Å². The second-order valence-corrected chi connectivity index (χ2v) is 6.51. The van der Waals surface area contributed by atoms with Gasteiger partial charge in [0.2, 0.25) is 5.91 Å². The lowest BCUT2D eigenvalue weighted by Crippen LogP contribution is -2.38. The molecule has 2 aromatic carbocycles. The summed E-state index contributed by atoms with van der Waals surface area (Å²) in [4.78, 5) is 14.6. The molecule has 0 aliphatic carbocycles. The van der Waals surface area contributed by atoms with Crippen LogP contribution >= 0.6 is 0 Å². The van der Waals surface area contributed by atoms with Crippen molar-refractivity contribution in [2.75, 3.05) is 13.7 Å². The number of rotatable bonds is 4. The standard InChI is InChI=1S/C21H22N2O2/c1-25-19-9-6-16(7-10-19)8-11-21(24)22-12-13-23-18(15-22)14-17-4-2-3-5-20(17)23/h2-7,9-10,14H,8,11-13,15H2,1H3. The van der Waals surface area contributed by atoms with Gasteiger partial charge in [0.15, 0.2) is 0 Å². The SMILES string of the molecule is COc1ccc(CCC(=O)N2CCn3c(cc4ccccc43)C2)cc1. The average Bonchev–Trinajstić information content (AvgIpc) is 3.04. The van der Waals surface area contributed by atoms with Gasteiger partial charge in [0.25, 0.3) is 0 Å². The van der Waals surface area contributed by atoms with Crippen molar-refractivity contribution in [2.45, 2.75) is 25.9 Å². The number of aromatic nitrogens is 1. The van der Waals surface area contributed by atoms with E-state index in [1.54, 1.807) is 7.11 Å². The van der Waals surface area contributed by atoms with Crippen LogP contribution in [0.25, 0.3) is 10.9 Å². The summed E-state index contributed by atoms with van der Waals surface area (Å²) in [6.07, 6.45) is 1.31. The van der Waals surface area contributed by atoms with E-state index in [-0.39, 0.29) is 5.91 Å². The zero-order chi connectivity index (χ0) is 17.2. The Morgan fingerprint density at radius 2 is 1.88 bits per heavy atom. The highest BCUT2D eigenvalue weighted by molar-refractivity contribution is 5.82. The highest BCUT2D eigenvalue weighted by Crippen LogP contribution is 2.24. The van der Waals surface area contributed by atoms with Crippen LogP contribution in [0.3, 0.4) is 0 Å². The van der Waals surface area contributed by atoms with E-state index >= 15 is 0 Å². The molecule has 3 aromatic rings. The van der Waals surface area contributed by atoms with Crippen LogP contribution in [0.2, 0.25) is 0 Å². The summed E-state index contributed by atoms with van der Waals surface area (Å²) in [5.74, 6) is 1.08. The fourth-order valence-corrected chi connectivity index (χ4v) is 3.57. The van der Waals surface area contributed by atoms with Gasteiger partial charge >= 0.3 is 0 Å². The number of para-hydroxylation sites is 1. The quantitative estimate of drug-likeness (QED) is 0.730. The van der Waals surface area contributed by atoms with E-state index in [2.05, 4.69) is 34.9 Å². The minimum absolute atomic E-state index is 0.229. The molecule has 0 bridgehead atoms. The number of fused-ring (bicyclic) bond motifs is 3. The number of hydrogen-bond acceptors (Lipinski definition) is 2. The Kier molecular flexibility index (Phi) is 4.18. The minimum Gasteiger partial charge on any atom is -0.497 e. The Labute approximate surface area is 147 Å². The monoisotopic (exact) mass is 334 g/mol. The molecule has 4 rings (SSSR count). The van der Waals surface area contributed by atoms with Gasteiger partial charge in [0, 0.05) is 30.7 Å². The molecule has 128 valence electrons. The van der Waals surface area contributed by atoms with Crippen LogP contribution < -0.4 is 4.74 Å². The van der Waals surface area contributed by atoms with Gasteiger partial charge in [-0.1, -0.05) is 30.3 Å². The molecule has 0 radical (unpaired) electrons. The topological polar surface area (TPSA) is 34.5 Å². The number of carbonyl (C=O) groups excluding carboxylic acids is 1. The van der Waals surface area contributed by atoms with E-state index in [4.69, 9.17) is 4.74 Å². The highest BCUT2D eigenvalue weighted by atomic mass is 16.5. The lowest BCUT2D eigenvalue weighted by atomic mass is 10.1. The van der Waals surface area contributed by atoms with Gasteiger partial charge in [-0.25, -0.2) is 0 Å². The van der Waals surface area contributed by atoms with Crippen molar-refractivity contribution in [1.82, 2.24) is 9.47 Å². The summed E-state index contributed by atoms with van der Waals surface area (Å²) < 4.78 is 7.51. The fourth-order valence-electron chi connectivity index (χ4n) is 3.57. The number of ether oxygens (including phenoxy) is 1. The minimum atomic E-state index is 0.229. The van der Waals surface area contributed by atoms with E-state index in [0.29, 0.717) is 13.0 Å².